The Labute approximate surface area is 136 Å². The summed E-state index contributed by atoms with van der Waals surface area (Å²) in [5, 5.41) is 0. The molecule has 1 aliphatic rings. The van der Waals surface area contributed by atoms with Gasteiger partial charge in [-0.25, -0.2) is 13.2 Å². The van der Waals surface area contributed by atoms with Crippen molar-refractivity contribution >= 4 is 16.1 Å². The molecule has 1 aromatic carbocycles. The number of ether oxygens (including phenoxy) is 2. The van der Waals surface area contributed by atoms with Gasteiger partial charge < -0.3 is 9.47 Å². The minimum Gasteiger partial charge on any atom is -0.443 e. The summed E-state index contributed by atoms with van der Waals surface area (Å²) in [6.45, 7) is 7.15. The molecule has 1 unspecified atom stereocenters. The highest BCUT2D eigenvalue weighted by atomic mass is 32.2. The van der Waals surface area contributed by atoms with Crippen molar-refractivity contribution in [3.05, 3.63) is 54.6 Å². The number of cyclic esters (lactones) is 1. The summed E-state index contributed by atoms with van der Waals surface area (Å²) in [7, 11) is -4.12. The van der Waals surface area contributed by atoms with Crippen LogP contribution >= 0.6 is 0 Å². The highest BCUT2D eigenvalue weighted by Crippen LogP contribution is 2.33. The van der Waals surface area contributed by atoms with Crippen LogP contribution in [0, 0.1) is 6.92 Å². The molecule has 1 aliphatic heterocycles. The molecule has 124 valence electrons. The quantitative estimate of drug-likeness (QED) is 0.746. The van der Waals surface area contributed by atoms with Gasteiger partial charge in [-0.1, -0.05) is 36.4 Å². The fraction of sp³-hybridized carbons (Fsp3) is 0.312. The number of allylic oxidation sites excluding steroid dienone is 1. The van der Waals surface area contributed by atoms with E-state index < -0.39 is 21.8 Å². The maximum atomic E-state index is 12.8. The molecule has 1 atom stereocenters. The van der Waals surface area contributed by atoms with Crippen LogP contribution in [0.1, 0.15) is 12.5 Å². The van der Waals surface area contributed by atoms with Crippen molar-refractivity contribution in [2.45, 2.75) is 24.5 Å². The first-order valence-electron chi connectivity index (χ1n) is 7.05. The summed E-state index contributed by atoms with van der Waals surface area (Å²) in [5.74, 6) is 0. The van der Waals surface area contributed by atoms with Crippen molar-refractivity contribution in [3.63, 3.8) is 0 Å². The van der Waals surface area contributed by atoms with E-state index in [0.29, 0.717) is 4.31 Å². The van der Waals surface area contributed by atoms with E-state index in [4.69, 9.17) is 9.47 Å². The minimum atomic E-state index is -4.12. The van der Waals surface area contributed by atoms with Crippen LogP contribution in [0.3, 0.4) is 0 Å². The molecule has 6 nitrogen and oxygen atoms in total. The van der Waals surface area contributed by atoms with Crippen LogP contribution in [-0.4, -0.2) is 37.8 Å². The SMILES string of the molecule is C=CC1(OC/C=C/C)COC(=O)N1S(=O)(=O)c1ccc(C)cc1. The Morgan fingerprint density at radius 3 is 2.61 bits per heavy atom. The number of nitrogens with zero attached hydrogens (tertiary/aromatic N) is 1. The molecule has 0 aromatic heterocycles. The minimum absolute atomic E-state index is 0.0113. The zero-order chi connectivity index (χ0) is 17.1. The van der Waals surface area contributed by atoms with Crippen molar-refractivity contribution in [2.75, 3.05) is 13.2 Å². The van der Waals surface area contributed by atoms with Crippen LogP contribution in [0.4, 0.5) is 4.79 Å². The van der Waals surface area contributed by atoms with Crippen molar-refractivity contribution in [1.29, 1.82) is 0 Å². The molecular weight excluding hydrogens is 318 g/mol. The molecule has 0 bridgehead atoms. The third kappa shape index (κ3) is 3.16. The molecule has 23 heavy (non-hydrogen) atoms. The maximum Gasteiger partial charge on any atom is 0.426 e. The van der Waals surface area contributed by atoms with Gasteiger partial charge in [0.1, 0.15) is 6.61 Å². The molecule has 2 rings (SSSR count). The Hall–Kier alpha value is -2.12. The lowest BCUT2D eigenvalue weighted by molar-refractivity contribution is -0.0438. The molecule has 0 spiro atoms. The molecule has 0 saturated carbocycles. The van der Waals surface area contributed by atoms with Crippen LogP contribution in [0.25, 0.3) is 0 Å². The summed E-state index contributed by atoms with van der Waals surface area (Å²) in [4.78, 5) is 12.0. The van der Waals surface area contributed by atoms with Gasteiger partial charge in [0.15, 0.2) is 0 Å². The van der Waals surface area contributed by atoms with E-state index in [2.05, 4.69) is 6.58 Å². The van der Waals surface area contributed by atoms with E-state index in [9.17, 15) is 13.2 Å². The lowest BCUT2D eigenvalue weighted by atomic mass is 10.2. The van der Waals surface area contributed by atoms with Crippen LogP contribution < -0.4 is 0 Å². The number of hydrogen-bond donors (Lipinski definition) is 0. The number of rotatable bonds is 6. The Bertz CT molecular complexity index is 723. The van der Waals surface area contributed by atoms with Gasteiger partial charge >= 0.3 is 6.09 Å². The van der Waals surface area contributed by atoms with Crippen molar-refractivity contribution in [2.24, 2.45) is 0 Å². The van der Waals surface area contributed by atoms with Gasteiger partial charge in [0.25, 0.3) is 10.0 Å². The smallest absolute Gasteiger partial charge is 0.426 e. The second kappa shape index (κ2) is 6.55. The second-order valence-electron chi connectivity index (χ2n) is 5.07. The van der Waals surface area contributed by atoms with Gasteiger partial charge in [0.2, 0.25) is 5.72 Å². The highest BCUT2D eigenvalue weighted by Gasteiger charge is 2.53. The highest BCUT2D eigenvalue weighted by molar-refractivity contribution is 7.89. The normalized spacial score (nSPS) is 21.7. The average molecular weight is 337 g/mol. The number of sulfonamides is 1. The molecule has 0 radical (unpaired) electrons. The van der Waals surface area contributed by atoms with E-state index in [0.717, 1.165) is 5.56 Å². The molecule has 1 fully saturated rings. The summed E-state index contributed by atoms with van der Waals surface area (Å²) in [6.07, 6.45) is 3.75. The third-order valence-corrected chi connectivity index (χ3v) is 5.26. The van der Waals surface area contributed by atoms with Gasteiger partial charge in [-0.15, -0.1) is 0 Å². The topological polar surface area (TPSA) is 72.9 Å². The summed E-state index contributed by atoms with van der Waals surface area (Å²) >= 11 is 0. The number of hydrogen-bond acceptors (Lipinski definition) is 5. The zero-order valence-corrected chi connectivity index (χ0v) is 13.9. The zero-order valence-electron chi connectivity index (χ0n) is 13.1. The standard InChI is InChI=1S/C16H19NO5S/c1-4-6-11-22-16(5-2)12-21-15(18)17(16)23(19,20)14-9-7-13(3)8-10-14/h4-10H,2,11-12H2,1,3H3/b6-4+. The Kier molecular flexibility index (Phi) is 4.91. The van der Waals surface area contributed by atoms with Gasteiger partial charge in [-0.2, -0.15) is 4.31 Å². The molecule has 1 heterocycles. The van der Waals surface area contributed by atoms with E-state index in [1.165, 1.54) is 18.2 Å². The number of aryl methyl sites for hydroxylation is 1. The van der Waals surface area contributed by atoms with Crippen LogP contribution in [0.15, 0.2) is 54.0 Å². The van der Waals surface area contributed by atoms with Crippen LogP contribution in [0.2, 0.25) is 0 Å². The van der Waals surface area contributed by atoms with Crippen LogP contribution in [0.5, 0.6) is 0 Å². The van der Waals surface area contributed by atoms with E-state index >= 15 is 0 Å². The van der Waals surface area contributed by atoms with E-state index in [-0.39, 0.29) is 18.1 Å². The van der Waals surface area contributed by atoms with Gasteiger partial charge in [-0.05, 0) is 32.1 Å². The number of carbonyl (C=O) groups is 1. The number of benzene rings is 1. The first-order valence-corrected chi connectivity index (χ1v) is 8.49. The fourth-order valence-corrected chi connectivity index (χ4v) is 3.67. The second-order valence-corrected chi connectivity index (χ2v) is 6.85. The monoisotopic (exact) mass is 337 g/mol. The molecule has 0 N–H and O–H groups in total. The Balaban J connectivity index is 2.45. The maximum absolute atomic E-state index is 12.8. The molecule has 0 aliphatic carbocycles. The molecule has 1 amide bonds. The van der Waals surface area contributed by atoms with Gasteiger partial charge in [-0.3, -0.25) is 0 Å². The summed E-state index contributed by atoms with van der Waals surface area (Å²) in [5.41, 5.74) is -0.646. The third-order valence-electron chi connectivity index (χ3n) is 3.46. The molecule has 1 aromatic rings. The first kappa shape index (κ1) is 17.2. The van der Waals surface area contributed by atoms with E-state index in [1.807, 2.05) is 6.92 Å². The molecule has 1 saturated heterocycles. The number of carbonyl (C=O) groups excluding carboxylic acids is 1. The lowest BCUT2D eigenvalue weighted by Crippen LogP contribution is -2.50. The Morgan fingerprint density at radius 1 is 1.39 bits per heavy atom. The fourth-order valence-electron chi connectivity index (χ4n) is 2.14. The van der Waals surface area contributed by atoms with Crippen molar-refractivity contribution in [3.8, 4) is 0 Å². The number of amides is 1. The van der Waals surface area contributed by atoms with Gasteiger partial charge in [0.05, 0.1) is 11.5 Å². The molecular formula is C16H19NO5S. The van der Waals surface area contributed by atoms with Crippen LogP contribution in [-0.2, 0) is 19.5 Å². The van der Waals surface area contributed by atoms with Gasteiger partial charge in [0, 0.05) is 0 Å². The molecule has 7 heteroatoms. The lowest BCUT2D eigenvalue weighted by Gasteiger charge is -2.31. The Morgan fingerprint density at radius 2 is 2.04 bits per heavy atom. The van der Waals surface area contributed by atoms with E-state index in [1.54, 1.807) is 31.2 Å². The predicted octanol–water partition coefficient (Wildman–Crippen LogP) is 2.61. The van der Waals surface area contributed by atoms with Crippen molar-refractivity contribution in [1.82, 2.24) is 4.31 Å². The summed E-state index contributed by atoms with van der Waals surface area (Å²) < 4.78 is 36.8. The summed E-state index contributed by atoms with van der Waals surface area (Å²) in [6, 6.07) is 6.20. The largest absolute Gasteiger partial charge is 0.443 e. The van der Waals surface area contributed by atoms with Crippen molar-refractivity contribution < 1.29 is 22.7 Å². The predicted molar refractivity (Wildman–Crippen MR) is 85.2 cm³/mol. The average Bonchev–Trinajstić information content (AvgIpc) is 2.86. The first-order chi connectivity index (χ1) is 10.9.